The van der Waals surface area contributed by atoms with E-state index >= 15 is 0 Å². The Morgan fingerprint density at radius 1 is 1.17 bits per heavy atom. The van der Waals surface area contributed by atoms with Crippen LogP contribution >= 0.6 is 0 Å². The number of hydrogen-bond donors (Lipinski definition) is 2. The highest BCUT2D eigenvalue weighted by Crippen LogP contribution is 2.29. The zero-order valence-corrected chi connectivity index (χ0v) is 15.7. The number of likely N-dealkylation sites (tertiary alicyclic amines) is 1. The summed E-state index contributed by atoms with van der Waals surface area (Å²) in [6, 6.07) is 11.2. The molecule has 1 heterocycles. The lowest BCUT2D eigenvalue weighted by Crippen LogP contribution is -3.00. The molecule has 5 heteroatoms. The van der Waals surface area contributed by atoms with E-state index in [2.05, 4.69) is 12.2 Å². The molecular weight excluding hydrogens is 368 g/mol. The molecule has 2 aromatic carbocycles. The van der Waals surface area contributed by atoms with Crippen molar-refractivity contribution >= 4 is 22.5 Å². The summed E-state index contributed by atoms with van der Waals surface area (Å²) < 4.78 is 0.533. The Kier molecular flexibility index (Phi) is 6.24. The van der Waals surface area contributed by atoms with Crippen molar-refractivity contribution in [3.05, 3.63) is 36.4 Å². The van der Waals surface area contributed by atoms with E-state index in [-0.39, 0.29) is 28.8 Å². The fraction of sp³-hybridized carbons (Fsp3) is 0.421. The van der Waals surface area contributed by atoms with Crippen LogP contribution in [0.3, 0.4) is 0 Å². The molecule has 3 rings (SSSR count). The summed E-state index contributed by atoms with van der Waals surface area (Å²) in [7, 11) is 0. The number of hydrogen-bond acceptors (Lipinski definition) is 2. The van der Waals surface area contributed by atoms with Gasteiger partial charge in [0.25, 0.3) is 0 Å². The first-order valence-electron chi connectivity index (χ1n) is 8.54. The molecule has 0 aromatic heterocycles. The number of halogens is 1. The molecule has 2 aromatic rings. The number of nitrogens with zero attached hydrogens (tertiary/aromatic N) is 1. The minimum atomic E-state index is 0. The van der Waals surface area contributed by atoms with Crippen LogP contribution in [0, 0.1) is 0 Å². The standard InChI is InChI=1S/C19H24N2O2.BrH/c1-2-11-21(12-4-3-5-13-21)19(23)20-18-8-6-7-15-9-10-16(22)14-17(15)18;/h6-10,14H,2-5,11-13H2,1H3,(H-,20,22,23);1H. The van der Waals surface area contributed by atoms with Gasteiger partial charge in [-0.05, 0) is 49.3 Å². The second-order valence-corrected chi connectivity index (χ2v) is 6.52. The normalized spacial score (nSPS) is 16.4. The van der Waals surface area contributed by atoms with Crippen molar-refractivity contribution < 1.29 is 31.4 Å². The fourth-order valence-corrected chi connectivity index (χ4v) is 3.68. The third-order valence-electron chi connectivity index (χ3n) is 4.86. The third-order valence-corrected chi connectivity index (χ3v) is 4.86. The van der Waals surface area contributed by atoms with Gasteiger partial charge in [-0.25, -0.2) is 9.28 Å². The number of anilines is 1. The lowest BCUT2D eigenvalue weighted by molar-refractivity contribution is -0.853. The van der Waals surface area contributed by atoms with Crippen LogP contribution in [0.5, 0.6) is 5.75 Å². The quantitative estimate of drug-likeness (QED) is 0.777. The molecule has 1 fully saturated rings. The number of piperidine rings is 1. The highest BCUT2D eigenvalue weighted by Gasteiger charge is 2.37. The second-order valence-electron chi connectivity index (χ2n) is 6.52. The van der Waals surface area contributed by atoms with Crippen LogP contribution in [-0.2, 0) is 0 Å². The van der Waals surface area contributed by atoms with Gasteiger partial charge in [-0.15, -0.1) is 0 Å². The zero-order valence-electron chi connectivity index (χ0n) is 14.1. The average Bonchev–Trinajstić information content (AvgIpc) is 2.56. The summed E-state index contributed by atoms with van der Waals surface area (Å²) in [6.45, 7) is 4.88. The van der Waals surface area contributed by atoms with E-state index in [0.717, 1.165) is 55.4 Å². The van der Waals surface area contributed by atoms with Gasteiger partial charge in [-0.3, -0.25) is 5.32 Å². The maximum atomic E-state index is 13.0. The Balaban J connectivity index is 0.00000208. The molecule has 0 bridgehead atoms. The van der Waals surface area contributed by atoms with Gasteiger partial charge in [-0.1, -0.05) is 25.1 Å². The number of carbonyl (C=O) groups is 1. The number of nitrogens with one attached hydrogen (secondary N) is 1. The van der Waals surface area contributed by atoms with Gasteiger partial charge in [0.15, 0.2) is 0 Å². The first kappa shape index (κ1) is 18.7. The van der Waals surface area contributed by atoms with Gasteiger partial charge >= 0.3 is 6.03 Å². The number of carbonyl (C=O) groups excluding carboxylic acids is 1. The maximum absolute atomic E-state index is 13.0. The van der Waals surface area contributed by atoms with Crippen molar-refractivity contribution in [2.45, 2.75) is 32.6 Å². The van der Waals surface area contributed by atoms with E-state index in [9.17, 15) is 9.90 Å². The maximum Gasteiger partial charge on any atom is 0.421 e. The number of phenols is 1. The summed E-state index contributed by atoms with van der Waals surface area (Å²) in [5, 5.41) is 14.8. The van der Waals surface area contributed by atoms with E-state index < -0.39 is 0 Å². The minimum Gasteiger partial charge on any atom is -1.00 e. The number of benzene rings is 2. The summed E-state index contributed by atoms with van der Waals surface area (Å²) in [5.74, 6) is 0.217. The van der Waals surface area contributed by atoms with E-state index in [1.54, 1.807) is 12.1 Å². The minimum absolute atomic E-state index is 0. The molecule has 0 atom stereocenters. The van der Waals surface area contributed by atoms with Crippen LogP contribution in [0.25, 0.3) is 10.8 Å². The van der Waals surface area contributed by atoms with Crippen molar-refractivity contribution in [1.82, 2.24) is 0 Å². The van der Waals surface area contributed by atoms with Gasteiger partial charge in [-0.2, -0.15) is 0 Å². The molecule has 0 unspecified atom stereocenters. The fourth-order valence-electron chi connectivity index (χ4n) is 3.68. The SMILES string of the molecule is CCC[N+]1(C(=O)Nc2cccc3ccc(O)cc23)CCCCC1.[Br-]. The van der Waals surface area contributed by atoms with Crippen LogP contribution in [-0.4, -0.2) is 35.3 Å². The highest BCUT2D eigenvalue weighted by molar-refractivity contribution is 6.00. The van der Waals surface area contributed by atoms with Crippen LogP contribution in [0.2, 0.25) is 0 Å². The monoisotopic (exact) mass is 392 g/mol. The molecule has 1 saturated heterocycles. The number of rotatable bonds is 3. The van der Waals surface area contributed by atoms with E-state index in [4.69, 9.17) is 0 Å². The molecule has 1 aliphatic rings. The molecule has 4 nitrogen and oxygen atoms in total. The molecule has 0 spiro atoms. The molecule has 0 radical (unpaired) electrons. The first-order valence-corrected chi connectivity index (χ1v) is 8.54. The van der Waals surface area contributed by atoms with Crippen LogP contribution in [0.1, 0.15) is 32.6 Å². The van der Waals surface area contributed by atoms with Gasteiger partial charge in [0.05, 0.1) is 25.3 Å². The molecule has 24 heavy (non-hydrogen) atoms. The summed E-state index contributed by atoms with van der Waals surface area (Å²) in [6.07, 6.45) is 4.45. The van der Waals surface area contributed by atoms with Crippen molar-refractivity contribution in [3.63, 3.8) is 0 Å². The Labute approximate surface area is 153 Å². The van der Waals surface area contributed by atoms with E-state index in [1.807, 2.05) is 24.3 Å². The highest BCUT2D eigenvalue weighted by atomic mass is 79.9. The lowest BCUT2D eigenvalue weighted by atomic mass is 10.1. The van der Waals surface area contributed by atoms with Gasteiger partial charge < -0.3 is 22.1 Å². The van der Waals surface area contributed by atoms with Gasteiger partial charge in [0, 0.05) is 5.39 Å². The Morgan fingerprint density at radius 2 is 1.92 bits per heavy atom. The van der Waals surface area contributed by atoms with Crippen molar-refractivity contribution in [3.8, 4) is 5.75 Å². The number of quaternary nitrogens is 1. The molecule has 2 N–H and O–H groups in total. The predicted octanol–water partition coefficient (Wildman–Crippen LogP) is 1.49. The van der Waals surface area contributed by atoms with Gasteiger partial charge in [0.2, 0.25) is 0 Å². The van der Waals surface area contributed by atoms with Crippen molar-refractivity contribution in [2.75, 3.05) is 25.0 Å². The Morgan fingerprint density at radius 3 is 2.62 bits per heavy atom. The summed E-state index contributed by atoms with van der Waals surface area (Å²) in [5.41, 5.74) is 0.780. The first-order chi connectivity index (χ1) is 11.1. The lowest BCUT2D eigenvalue weighted by Gasteiger charge is -2.38. The molecule has 130 valence electrons. The number of aromatic hydroxyl groups is 1. The number of urea groups is 1. The van der Waals surface area contributed by atoms with Crippen molar-refractivity contribution in [2.24, 2.45) is 0 Å². The number of fused-ring (bicyclic) bond motifs is 1. The molecule has 0 saturated carbocycles. The van der Waals surface area contributed by atoms with E-state index in [0.29, 0.717) is 4.48 Å². The smallest absolute Gasteiger partial charge is 0.421 e. The number of amides is 2. The van der Waals surface area contributed by atoms with Gasteiger partial charge in [0.1, 0.15) is 5.75 Å². The molecular formula is C19H25BrN2O2. The van der Waals surface area contributed by atoms with Crippen molar-refractivity contribution in [1.29, 1.82) is 0 Å². The number of phenolic OH excluding ortho intramolecular Hbond substituents is 1. The third kappa shape index (κ3) is 3.73. The molecule has 2 amide bonds. The van der Waals surface area contributed by atoms with Crippen LogP contribution in [0.15, 0.2) is 36.4 Å². The molecule has 1 aliphatic heterocycles. The summed E-state index contributed by atoms with van der Waals surface area (Å²) in [4.78, 5) is 13.0. The van der Waals surface area contributed by atoms with Crippen LogP contribution in [0.4, 0.5) is 10.5 Å². The average molecular weight is 393 g/mol. The topological polar surface area (TPSA) is 49.3 Å². The second kappa shape index (κ2) is 7.99. The molecule has 0 aliphatic carbocycles. The zero-order chi connectivity index (χ0) is 16.3. The largest absolute Gasteiger partial charge is 1.00 e. The summed E-state index contributed by atoms with van der Waals surface area (Å²) >= 11 is 0. The predicted molar refractivity (Wildman–Crippen MR) is 93.6 cm³/mol. The Bertz CT molecular complexity index is 706. The van der Waals surface area contributed by atoms with E-state index in [1.165, 1.54) is 6.42 Å². The Hall–Kier alpha value is -1.59. The van der Waals surface area contributed by atoms with Crippen LogP contribution < -0.4 is 22.3 Å².